The maximum absolute atomic E-state index is 14.0. The maximum atomic E-state index is 14.0. The number of esters is 1. The van der Waals surface area contributed by atoms with Crippen molar-refractivity contribution in [1.29, 1.82) is 0 Å². The van der Waals surface area contributed by atoms with Crippen molar-refractivity contribution in [2.75, 3.05) is 11.9 Å². The molecule has 1 heterocycles. The molecule has 3 aromatic rings. The van der Waals surface area contributed by atoms with Crippen molar-refractivity contribution in [2.45, 2.75) is 51.5 Å². The third-order valence-corrected chi connectivity index (χ3v) is 9.05. The van der Waals surface area contributed by atoms with E-state index in [4.69, 9.17) is 10.5 Å². The molecular weight excluding hydrogens is 493 g/mol. The van der Waals surface area contributed by atoms with E-state index in [2.05, 4.69) is 10.3 Å². The molecular formula is C32H34FN3O3. The lowest BCUT2D eigenvalue weighted by Gasteiger charge is -2.57. The van der Waals surface area contributed by atoms with Crippen LogP contribution in [0.25, 0.3) is 11.1 Å². The van der Waals surface area contributed by atoms with E-state index in [1.807, 2.05) is 12.1 Å². The van der Waals surface area contributed by atoms with Crippen LogP contribution < -0.4 is 11.1 Å². The Hall–Kier alpha value is -3.58. The number of anilines is 1. The molecule has 7 rings (SSSR count). The maximum Gasteiger partial charge on any atom is 0.338 e. The molecule has 202 valence electrons. The van der Waals surface area contributed by atoms with Gasteiger partial charge in [-0.25, -0.2) is 9.18 Å². The third kappa shape index (κ3) is 5.33. The van der Waals surface area contributed by atoms with Crippen molar-refractivity contribution in [1.82, 2.24) is 4.98 Å². The number of carbonyl (C=O) groups excluding carboxylic acids is 2. The van der Waals surface area contributed by atoms with Gasteiger partial charge in [0.05, 0.1) is 24.1 Å². The minimum absolute atomic E-state index is 0.0535. The summed E-state index contributed by atoms with van der Waals surface area (Å²) in [5, 5.41) is 2.58. The van der Waals surface area contributed by atoms with Crippen molar-refractivity contribution in [3.8, 4) is 11.1 Å². The zero-order valence-corrected chi connectivity index (χ0v) is 22.0. The number of nitrogens with two attached hydrogens (primary N) is 1. The van der Waals surface area contributed by atoms with Gasteiger partial charge in [0.25, 0.3) is 5.91 Å². The number of nitrogens with zero attached hydrogens (tertiary/aromatic N) is 1. The van der Waals surface area contributed by atoms with E-state index >= 15 is 0 Å². The lowest BCUT2D eigenvalue weighted by molar-refractivity contribution is -0.0653. The number of hydrogen-bond acceptors (Lipinski definition) is 5. The molecule has 39 heavy (non-hydrogen) atoms. The average molecular weight is 528 g/mol. The van der Waals surface area contributed by atoms with Gasteiger partial charge >= 0.3 is 5.97 Å². The highest BCUT2D eigenvalue weighted by molar-refractivity contribution is 6.05. The number of pyridine rings is 1. The van der Waals surface area contributed by atoms with Gasteiger partial charge in [0.2, 0.25) is 0 Å². The average Bonchev–Trinajstić information content (AvgIpc) is 2.93. The normalized spacial score (nSPS) is 24.9. The van der Waals surface area contributed by atoms with Gasteiger partial charge in [-0.05, 0) is 115 Å². The Kier molecular flexibility index (Phi) is 6.94. The SMILES string of the molecule is NCc1ccc(C(=O)Nc2ccncc2F)cc1-c1cccc(C(=O)OCCC23CC4CC(CC(C4)C2)C3)c1. The summed E-state index contributed by atoms with van der Waals surface area (Å²) in [6.07, 6.45) is 11.5. The van der Waals surface area contributed by atoms with E-state index in [1.165, 1.54) is 50.8 Å². The summed E-state index contributed by atoms with van der Waals surface area (Å²) in [6.45, 7) is 0.709. The summed E-state index contributed by atoms with van der Waals surface area (Å²) >= 11 is 0. The summed E-state index contributed by atoms with van der Waals surface area (Å²) in [5.41, 5.74) is 9.56. The molecule has 7 heteroatoms. The van der Waals surface area contributed by atoms with Crippen LogP contribution in [0, 0.1) is 29.0 Å². The highest BCUT2D eigenvalue weighted by atomic mass is 19.1. The monoisotopic (exact) mass is 527 g/mol. The first-order chi connectivity index (χ1) is 18.9. The number of rotatable bonds is 8. The molecule has 0 spiro atoms. The molecule has 0 saturated heterocycles. The Balaban J connectivity index is 1.15. The van der Waals surface area contributed by atoms with Crippen molar-refractivity contribution >= 4 is 17.6 Å². The van der Waals surface area contributed by atoms with E-state index in [-0.39, 0.29) is 18.2 Å². The number of amides is 1. The number of carbonyl (C=O) groups is 2. The fourth-order valence-corrected chi connectivity index (χ4v) is 7.69. The van der Waals surface area contributed by atoms with Crippen LogP contribution in [0.5, 0.6) is 0 Å². The van der Waals surface area contributed by atoms with E-state index in [9.17, 15) is 14.0 Å². The van der Waals surface area contributed by atoms with Gasteiger partial charge in [-0.3, -0.25) is 9.78 Å². The molecule has 2 aromatic carbocycles. The van der Waals surface area contributed by atoms with Gasteiger partial charge in [0.15, 0.2) is 5.82 Å². The third-order valence-electron chi connectivity index (χ3n) is 9.05. The summed E-state index contributed by atoms with van der Waals surface area (Å²) in [5.74, 6) is 1.23. The van der Waals surface area contributed by atoms with Gasteiger partial charge < -0.3 is 15.8 Å². The van der Waals surface area contributed by atoms with Gasteiger partial charge in [-0.2, -0.15) is 0 Å². The predicted octanol–water partition coefficient (Wildman–Crippen LogP) is 6.36. The molecule has 4 fully saturated rings. The van der Waals surface area contributed by atoms with Gasteiger partial charge in [0.1, 0.15) is 0 Å². The van der Waals surface area contributed by atoms with Crippen LogP contribution in [0.4, 0.5) is 10.1 Å². The lowest BCUT2D eigenvalue weighted by Crippen LogP contribution is -2.46. The van der Waals surface area contributed by atoms with E-state index in [1.54, 1.807) is 30.3 Å². The minimum atomic E-state index is -0.612. The molecule has 1 amide bonds. The van der Waals surface area contributed by atoms with Gasteiger partial charge in [0, 0.05) is 18.3 Å². The number of ether oxygens (including phenoxy) is 1. The van der Waals surface area contributed by atoms with E-state index < -0.39 is 11.7 Å². The molecule has 0 aliphatic heterocycles. The first kappa shape index (κ1) is 25.7. The Morgan fingerprint density at radius 2 is 1.74 bits per heavy atom. The van der Waals surface area contributed by atoms with Crippen LogP contribution in [0.2, 0.25) is 0 Å². The summed E-state index contributed by atoms with van der Waals surface area (Å²) in [6, 6.07) is 13.8. The van der Waals surface area contributed by atoms with E-state index in [0.29, 0.717) is 23.1 Å². The van der Waals surface area contributed by atoms with Crippen molar-refractivity contribution in [2.24, 2.45) is 28.9 Å². The minimum Gasteiger partial charge on any atom is -0.462 e. The Bertz CT molecular complexity index is 1370. The van der Waals surface area contributed by atoms with Crippen LogP contribution in [0.3, 0.4) is 0 Å². The first-order valence-electron chi connectivity index (χ1n) is 13.9. The molecule has 0 unspecified atom stereocenters. The number of hydrogen-bond donors (Lipinski definition) is 2. The number of halogens is 1. The molecule has 4 aliphatic carbocycles. The fourth-order valence-electron chi connectivity index (χ4n) is 7.69. The van der Waals surface area contributed by atoms with Crippen molar-refractivity contribution in [3.05, 3.63) is 83.4 Å². The number of nitrogens with one attached hydrogen (secondary N) is 1. The molecule has 4 bridgehead atoms. The van der Waals surface area contributed by atoms with Crippen LogP contribution >= 0.6 is 0 Å². The van der Waals surface area contributed by atoms with Crippen LogP contribution in [0.15, 0.2) is 60.9 Å². The van der Waals surface area contributed by atoms with Gasteiger partial charge in [-0.1, -0.05) is 18.2 Å². The molecule has 3 N–H and O–H groups in total. The molecule has 6 nitrogen and oxygen atoms in total. The predicted molar refractivity (Wildman–Crippen MR) is 147 cm³/mol. The van der Waals surface area contributed by atoms with E-state index in [0.717, 1.165) is 47.1 Å². The second-order valence-corrected chi connectivity index (χ2v) is 11.8. The first-order valence-corrected chi connectivity index (χ1v) is 13.9. The number of aromatic nitrogens is 1. The zero-order chi connectivity index (χ0) is 27.0. The summed E-state index contributed by atoms with van der Waals surface area (Å²) in [7, 11) is 0. The molecule has 0 radical (unpaired) electrons. The highest BCUT2D eigenvalue weighted by Crippen LogP contribution is 2.61. The Morgan fingerprint density at radius 1 is 1.00 bits per heavy atom. The highest BCUT2D eigenvalue weighted by Gasteiger charge is 2.50. The summed E-state index contributed by atoms with van der Waals surface area (Å²) < 4.78 is 19.8. The standard InChI is InChI=1S/C32H34FN3O3/c33-28-19-35-8-6-29(28)36-30(37)24-4-5-26(18-34)27(14-24)23-2-1-3-25(13-23)31(38)39-9-7-32-15-20-10-21(16-32)12-22(11-20)17-32/h1-6,8,13-14,19-22H,7,9-12,15-18,34H2,(H,35,36,37). The zero-order valence-electron chi connectivity index (χ0n) is 22.0. The van der Waals surface area contributed by atoms with Crippen molar-refractivity contribution < 1.29 is 18.7 Å². The van der Waals surface area contributed by atoms with Crippen LogP contribution in [0.1, 0.15) is 71.2 Å². The quantitative estimate of drug-likeness (QED) is 0.332. The Morgan fingerprint density at radius 3 is 2.44 bits per heavy atom. The second-order valence-electron chi connectivity index (χ2n) is 11.8. The molecule has 1 aromatic heterocycles. The molecule has 0 atom stereocenters. The number of benzene rings is 2. The molecule has 4 aliphatic rings. The topological polar surface area (TPSA) is 94.3 Å². The van der Waals surface area contributed by atoms with Crippen LogP contribution in [-0.2, 0) is 11.3 Å². The second kappa shape index (κ2) is 10.5. The van der Waals surface area contributed by atoms with Gasteiger partial charge in [-0.15, -0.1) is 0 Å². The lowest BCUT2D eigenvalue weighted by atomic mass is 9.49. The Labute approximate surface area is 228 Å². The van der Waals surface area contributed by atoms with Crippen molar-refractivity contribution in [3.63, 3.8) is 0 Å². The fraction of sp³-hybridized carbons (Fsp3) is 0.406. The summed E-state index contributed by atoms with van der Waals surface area (Å²) in [4.78, 5) is 29.6. The van der Waals surface area contributed by atoms with Crippen LogP contribution in [-0.4, -0.2) is 23.5 Å². The molecule has 4 saturated carbocycles. The smallest absolute Gasteiger partial charge is 0.338 e. The largest absolute Gasteiger partial charge is 0.462 e.